The van der Waals surface area contributed by atoms with Gasteiger partial charge in [0.25, 0.3) is 0 Å². The van der Waals surface area contributed by atoms with Gasteiger partial charge in [-0.15, -0.1) is 0 Å². The Morgan fingerprint density at radius 3 is 2.71 bits per heavy atom. The van der Waals surface area contributed by atoms with Crippen LogP contribution in [0.15, 0.2) is 18.2 Å². The first-order valence-electron chi connectivity index (χ1n) is 5.10. The fourth-order valence-corrected chi connectivity index (χ4v) is 1.55. The summed E-state index contributed by atoms with van der Waals surface area (Å²) in [5, 5.41) is 8.88. The van der Waals surface area contributed by atoms with Gasteiger partial charge in [0.15, 0.2) is 0 Å². The van der Waals surface area contributed by atoms with Gasteiger partial charge in [0.2, 0.25) is 0 Å². The first-order chi connectivity index (χ1) is 7.80. The molecule has 0 amide bonds. The van der Waals surface area contributed by atoms with Gasteiger partial charge in [-0.1, -0.05) is 25.4 Å². The molecule has 1 rings (SSSR count). The van der Waals surface area contributed by atoms with Crippen LogP contribution in [0.25, 0.3) is 0 Å². The van der Waals surface area contributed by atoms with Crippen molar-refractivity contribution in [2.75, 3.05) is 6.61 Å². The highest BCUT2D eigenvalue weighted by atomic mass is 35.5. The van der Waals surface area contributed by atoms with Gasteiger partial charge in [0.05, 0.1) is 18.1 Å². The minimum absolute atomic E-state index is 0.00812. The van der Waals surface area contributed by atoms with E-state index >= 15 is 0 Å². The van der Waals surface area contributed by atoms with Crippen LogP contribution in [0.3, 0.4) is 0 Å². The van der Waals surface area contributed by atoms with Gasteiger partial charge >= 0.3 is 5.97 Å². The normalized spacial score (nSPS) is 11.3. The predicted octanol–water partition coefficient (Wildman–Crippen LogP) is 3.36. The van der Waals surface area contributed by atoms with Crippen molar-refractivity contribution in [1.82, 2.24) is 0 Å². The lowest BCUT2D eigenvalue weighted by Gasteiger charge is -2.22. The molecule has 1 N–H and O–H groups in total. The Hall–Kier alpha value is -1.29. The van der Waals surface area contributed by atoms with Crippen LogP contribution < -0.4 is 4.74 Å². The van der Waals surface area contributed by atoms with Crippen molar-refractivity contribution in [2.45, 2.75) is 20.3 Å². The number of ether oxygens (including phenoxy) is 1. The molecular formula is C12H14ClFO3. The van der Waals surface area contributed by atoms with Crippen LogP contribution in [-0.4, -0.2) is 17.7 Å². The molecule has 0 spiro atoms. The molecule has 5 heteroatoms. The van der Waals surface area contributed by atoms with Crippen LogP contribution in [0.2, 0.25) is 5.02 Å². The molecule has 0 aliphatic carbocycles. The predicted molar refractivity (Wildman–Crippen MR) is 62.9 cm³/mol. The van der Waals surface area contributed by atoms with Crippen molar-refractivity contribution in [3.63, 3.8) is 0 Å². The number of carboxylic acids is 1. The Bertz CT molecular complexity index is 418. The molecule has 17 heavy (non-hydrogen) atoms. The second-order valence-corrected chi connectivity index (χ2v) is 5.01. The molecule has 0 fully saturated rings. The SMILES string of the molecule is CC(C)(COc1ccc(F)cc1Cl)CC(=O)O. The van der Waals surface area contributed by atoms with Gasteiger partial charge in [0, 0.05) is 5.41 Å². The maximum absolute atomic E-state index is 12.8. The van der Waals surface area contributed by atoms with E-state index in [1.165, 1.54) is 12.1 Å². The lowest BCUT2D eigenvalue weighted by molar-refractivity contribution is -0.139. The maximum Gasteiger partial charge on any atom is 0.304 e. The van der Waals surface area contributed by atoms with Gasteiger partial charge in [0.1, 0.15) is 11.6 Å². The maximum atomic E-state index is 12.8. The average molecular weight is 261 g/mol. The molecular weight excluding hydrogens is 247 g/mol. The van der Waals surface area contributed by atoms with Crippen molar-refractivity contribution >= 4 is 17.6 Å². The Kier molecular flexibility index (Phi) is 4.34. The summed E-state index contributed by atoms with van der Waals surface area (Å²) in [7, 11) is 0. The molecule has 0 saturated heterocycles. The largest absolute Gasteiger partial charge is 0.491 e. The third-order valence-electron chi connectivity index (χ3n) is 2.14. The summed E-state index contributed by atoms with van der Waals surface area (Å²) < 4.78 is 18.2. The monoisotopic (exact) mass is 260 g/mol. The van der Waals surface area contributed by atoms with Gasteiger partial charge in [-0.05, 0) is 18.2 Å². The zero-order chi connectivity index (χ0) is 13.1. The molecule has 94 valence electrons. The van der Waals surface area contributed by atoms with Crippen LogP contribution >= 0.6 is 11.6 Å². The van der Waals surface area contributed by atoms with Gasteiger partial charge in [-0.3, -0.25) is 4.79 Å². The van der Waals surface area contributed by atoms with E-state index in [9.17, 15) is 9.18 Å². The number of aliphatic carboxylic acids is 1. The Morgan fingerprint density at radius 2 is 2.18 bits per heavy atom. The van der Waals surface area contributed by atoms with Crippen LogP contribution in [0.4, 0.5) is 4.39 Å². The fourth-order valence-electron chi connectivity index (χ4n) is 1.33. The molecule has 1 aromatic rings. The van der Waals surface area contributed by atoms with E-state index in [4.69, 9.17) is 21.4 Å². The van der Waals surface area contributed by atoms with Gasteiger partial charge in [-0.2, -0.15) is 0 Å². The van der Waals surface area contributed by atoms with E-state index in [1.807, 2.05) is 0 Å². The molecule has 1 aromatic carbocycles. The Morgan fingerprint density at radius 1 is 1.53 bits per heavy atom. The van der Waals surface area contributed by atoms with Gasteiger partial charge in [-0.25, -0.2) is 4.39 Å². The lowest BCUT2D eigenvalue weighted by atomic mass is 9.91. The molecule has 0 aliphatic rings. The first kappa shape index (κ1) is 13.8. The van der Waals surface area contributed by atoms with Crippen molar-refractivity contribution in [3.05, 3.63) is 29.0 Å². The number of carbonyl (C=O) groups is 1. The topological polar surface area (TPSA) is 46.5 Å². The van der Waals surface area contributed by atoms with E-state index in [0.29, 0.717) is 5.75 Å². The van der Waals surface area contributed by atoms with Crippen LogP contribution in [0, 0.1) is 11.2 Å². The standard InChI is InChI=1S/C12H14ClFO3/c1-12(2,6-11(15)16)7-17-10-4-3-8(14)5-9(10)13/h3-5H,6-7H2,1-2H3,(H,15,16). The van der Waals surface area contributed by atoms with Crippen molar-refractivity contribution in [2.24, 2.45) is 5.41 Å². The van der Waals surface area contributed by atoms with E-state index < -0.39 is 17.2 Å². The minimum atomic E-state index is -0.885. The Balaban J connectivity index is 2.64. The molecule has 0 atom stereocenters. The average Bonchev–Trinajstić information content (AvgIpc) is 2.14. The molecule has 0 aromatic heterocycles. The van der Waals surface area contributed by atoms with Crippen molar-refractivity contribution in [3.8, 4) is 5.75 Å². The summed E-state index contributed by atoms with van der Waals surface area (Å²) in [5.41, 5.74) is -0.510. The third-order valence-corrected chi connectivity index (χ3v) is 2.44. The number of carboxylic acid groups (broad SMARTS) is 1. The fraction of sp³-hybridized carbons (Fsp3) is 0.417. The van der Waals surface area contributed by atoms with E-state index in [1.54, 1.807) is 13.8 Å². The zero-order valence-electron chi connectivity index (χ0n) is 9.67. The highest BCUT2D eigenvalue weighted by Gasteiger charge is 2.23. The summed E-state index contributed by atoms with van der Waals surface area (Å²) in [6, 6.07) is 3.82. The number of halogens is 2. The molecule has 0 radical (unpaired) electrons. The quantitative estimate of drug-likeness (QED) is 0.883. The number of rotatable bonds is 5. The number of benzene rings is 1. The lowest BCUT2D eigenvalue weighted by Crippen LogP contribution is -2.24. The number of hydrogen-bond donors (Lipinski definition) is 1. The van der Waals surface area contributed by atoms with Crippen LogP contribution in [-0.2, 0) is 4.79 Å². The number of hydrogen-bond acceptors (Lipinski definition) is 2. The molecule has 0 aliphatic heterocycles. The molecule has 0 saturated carbocycles. The van der Waals surface area contributed by atoms with E-state index in [-0.39, 0.29) is 18.1 Å². The summed E-state index contributed by atoms with van der Waals surface area (Å²) >= 11 is 5.78. The second-order valence-electron chi connectivity index (χ2n) is 4.60. The zero-order valence-corrected chi connectivity index (χ0v) is 10.4. The Labute approximate surface area is 104 Å². The molecule has 0 heterocycles. The summed E-state index contributed by atoms with van der Waals surface area (Å²) in [6.07, 6.45) is -0.00812. The molecule has 0 bridgehead atoms. The molecule has 3 nitrogen and oxygen atoms in total. The first-order valence-corrected chi connectivity index (χ1v) is 5.48. The van der Waals surface area contributed by atoms with Gasteiger partial charge < -0.3 is 9.84 Å². The van der Waals surface area contributed by atoms with E-state index in [0.717, 1.165) is 6.07 Å². The molecule has 0 unspecified atom stereocenters. The van der Waals surface area contributed by atoms with Crippen molar-refractivity contribution < 1.29 is 19.0 Å². The van der Waals surface area contributed by atoms with Crippen LogP contribution in [0.1, 0.15) is 20.3 Å². The minimum Gasteiger partial charge on any atom is -0.491 e. The van der Waals surface area contributed by atoms with E-state index in [2.05, 4.69) is 0 Å². The summed E-state index contributed by atoms with van der Waals surface area (Å²) in [5.74, 6) is -0.970. The second kappa shape index (κ2) is 5.36. The van der Waals surface area contributed by atoms with Crippen LogP contribution in [0.5, 0.6) is 5.75 Å². The highest BCUT2D eigenvalue weighted by molar-refractivity contribution is 6.32. The third kappa shape index (κ3) is 4.61. The smallest absolute Gasteiger partial charge is 0.304 e. The summed E-state index contributed by atoms with van der Waals surface area (Å²) in [4.78, 5) is 10.6. The van der Waals surface area contributed by atoms with Crippen molar-refractivity contribution in [1.29, 1.82) is 0 Å². The highest BCUT2D eigenvalue weighted by Crippen LogP contribution is 2.28. The summed E-state index contributed by atoms with van der Waals surface area (Å²) in [6.45, 7) is 3.75.